The molecular formula is C32H44N4O4. The van der Waals surface area contributed by atoms with Gasteiger partial charge in [0.05, 0.1) is 13.5 Å². The Morgan fingerprint density at radius 1 is 1.07 bits per heavy atom. The van der Waals surface area contributed by atoms with Crippen LogP contribution in [0, 0.1) is 0 Å². The molecule has 8 nitrogen and oxygen atoms in total. The van der Waals surface area contributed by atoms with E-state index in [1.807, 2.05) is 0 Å². The van der Waals surface area contributed by atoms with Crippen LogP contribution in [0.1, 0.15) is 106 Å². The Labute approximate surface area is 237 Å². The summed E-state index contributed by atoms with van der Waals surface area (Å²) in [5.74, 6) is 1.80. The van der Waals surface area contributed by atoms with Gasteiger partial charge in [-0.1, -0.05) is 64.9 Å². The van der Waals surface area contributed by atoms with Crippen molar-refractivity contribution < 1.29 is 19.2 Å². The largest absolute Gasteiger partial charge is 0.496 e. The summed E-state index contributed by atoms with van der Waals surface area (Å²) in [7, 11) is 1.70. The maximum atomic E-state index is 11.9. The summed E-state index contributed by atoms with van der Waals surface area (Å²) in [6, 6.07) is 8.48. The van der Waals surface area contributed by atoms with E-state index in [1.54, 1.807) is 7.11 Å². The fourth-order valence-corrected chi connectivity index (χ4v) is 5.36. The van der Waals surface area contributed by atoms with Gasteiger partial charge >= 0.3 is 5.97 Å². The van der Waals surface area contributed by atoms with E-state index in [2.05, 4.69) is 81.3 Å². The van der Waals surface area contributed by atoms with E-state index in [-0.39, 0.29) is 23.2 Å². The lowest BCUT2D eigenvalue weighted by molar-refractivity contribution is -0.137. The molecule has 1 aliphatic rings. The van der Waals surface area contributed by atoms with Crippen LogP contribution in [0.3, 0.4) is 0 Å². The van der Waals surface area contributed by atoms with Crippen LogP contribution in [0.2, 0.25) is 0 Å². The van der Waals surface area contributed by atoms with Crippen LogP contribution < -0.4 is 10.1 Å². The third kappa shape index (κ3) is 7.20. The number of aromatic nitrogens is 3. The fourth-order valence-electron chi connectivity index (χ4n) is 5.36. The lowest BCUT2D eigenvalue weighted by Gasteiger charge is -2.31. The fraction of sp³-hybridized carbons (Fsp3) is 0.562. The van der Waals surface area contributed by atoms with Gasteiger partial charge in [-0.05, 0) is 53.7 Å². The van der Waals surface area contributed by atoms with Crippen LogP contribution >= 0.6 is 0 Å². The van der Waals surface area contributed by atoms with E-state index in [0.29, 0.717) is 24.6 Å². The summed E-state index contributed by atoms with van der Waals surface area (Å²) in [6.07, 6.45) is 4.91. The van der Waals surface area contributed by atoms with Crippen molar-refractivity contribution in [1.29, 1.82) is 0 Å². The van der Waals surface area contributed by atoms with Crippen molar-refractivity contribution in [2.24, 2.45) is 0 Å². The molecule has 40 heavy (non-hydrogen) atoms. The molecule has 0 bridgehead atoms. The second-order valence-electron chi connectivity index (χ2n) is 12.9. The zero-order valence-electron chi connectivity index (χ0n) is 25.1. The maximum Gasteiger partial charge on any atom is 0.303 e. The Morgan fingerprint density at radius 2 is 1.77 bits per heavy atom. The van der Waals surface area contributed by atoms with Crippen LogP contribution in [-0.4, -0.2) is 39.9 Å². The molecule has 2 aromatic heterocycles. The molecule has 0 fully saturated rings. The monoisotopic (exact) mass is 548 g/mol. The minimum atomic E-state index is -0.859. The molecule has 1 unspecified atom stereocenters. The van der Waals surface area contributed by atoms with Crippen molar-refractivity contribution >= 4 is 11.8 Å². The van der Waals surface area contributed by atoms with Crippen LogP contribution in [0.4, 0.5) is 5.82 Å². The summed E-state index contributed by atoms with van der Waals surface area (Å²) in [6.45, 7) is 13.9. The van der Waals surface area contributed by atoms with Gasteiger partial charge < -0.3 is 19.7 Å². The number of hydrogen-bond acceptors (Lipinski definition) is 7. The van der Waals surface area contributed by atoms with Gasteiger partial charge in [0, 0.05) is 42.1 Å². The summed E-state index contributed by atoms with van der Waals surface area (Å²) in [5.41, 5.74) is 5.04. The SMILES string of the molecule is COc1c(C(C)(C)C)cc(C(CC(=O)O)Cc2nc(CCCc3ccc4c(n3)NCCC4)no2)cc1C(C)(C)C. The highest BCUT2D eigenvalue weighted by atomic mass is 16.5. The number of hydrogen-bond donors (Lipinski definition) is 2. The second-order valence-corrected chi connectivity index (χ2v) is 12.9. The van der Waals surface area contributed by atoms with Gasteiger partial charge in [0.2, 0.25) is 5.89 Å². The maximum absolute atomic E-state index is 11.9. The minimum Gasteiger partial charge on any atom is -0.496 e. The number of ether oxygens (including phenoxy) is 1. The molecule has 0 spiro atoms. The zero-order chi connectivity index (χ0) is 29.1. The predicted molar refractivity (Wildman–Crippen MR) is 156 cm³/mol. The number of aliphatic carboxylic acids is 1. The first-order valence-electron chi connectivity index (χ1n) is 14.3. The molecule has 216 valence electrons. The number of nitrogens with zero attached hydrogens (tertiary/aromatic N) is 3. The number of benzene rings is 1. The highest BCUT2D eigenvalue weighted by Gasteiger charge is 2.30. The summed E-state index contributed by atoms with van der Waals surface area (Å²) < 4.78 is 11.5. The van der Waals surface area contributed by atoms with E-state index in [9.17, 15) is 9.90 Å². The molecule has 3 aromatic rings. The van der Waals surface area contributed by atoms with Crippen LogP contribution in [-0.2, 0) is 41.3 Å². The number of fused-ring (bicyclic) bond motifs is 1. The smallest absolute Gasteiger partial charge is 0.303 e. The molecular weight excluding hydrogens is 504 g/mol. The van der Waals surface area contributed by atoms with Gasteiger partial charge in [-0.25, -0.2) is 4.98 Å². The Balaban J connectivity index is 1.51. The van der Waals surface area contributed by atoms with Crippen molar-refractivity contribution in [3.05, 3.63) is 63.9 Å². The lowest BCUT2D eigenvalue weighted by atomic mass is 9.76. The molecule has 0 radical (unpaired) electrons. The van der Waals surface area contributed by atoms with Crippen LogP contribution in [0.15, 0.2) is 28.8 Å². The highest BCUT2D eigenvalue weighted by Crippen LogP contribution is 2.42. The number of aryl methyl sites for hydroxylation is 3. The summed E-state index contributed by atoms with van der Waals surface area (Å²) >= 11 is 0. The van der Waals surface area contributed by atoms with Crippen molar-refractivity contribution in [2.45, 2.75) is 103 Å². The number of pyridine rings is 1. The first-order valence-corrected chi connectivity index (χ1v) is 14.3. The van der Waals surface area contributed by atoms with Gasteiger partial charge in [0.1, 0.15) is 11.6 Å². The van der Waals surface area contributed by atoms with Gasteiger partial charge in [0.15, 0.2) is 5.82 Å². The molecule has 1 aromatic carbocycles. The number of carbonyl (C=O) groups is 1. The zero-order valence-corrected chi connectivity index (χ0v) is 25.1. The number of rotatable bonds is 10. The first-order chi connectivity index (χ1) is 18.8. The molecule has 4 rings (SSSR count). The van der Waals surface area contributed by atoms with Crippen LogP contribution in [0.5, 0.6) is 5.75 Å². The molecule has 1 atom stereocenters. The van der Waals surface area contributed by atoms with Gasteiger partial charge in [-0.3, -0.25) is 4.79 Å². The molecule has 0 saturated carbocycles. The van der Waals surface area contributed by atoms with Crippen molar-refractivity contribution in [1.82, 2.24) is 15.1 Å². The quantitative estimate of drug-likeness (QED) is 0.299. The number of carboxylic acids is 1. The number of carboxylic acid groups (broad SMARTS) is 1. The van der Waals surface area contributed by atoms with Crippen molar-refractivity contribution in [2.75, 3.05) is 19.0 Å². The Kier molecular flexibility index (Phi) is 8.86. The van der Waals surface area contributed by atoms with Gasteiger partial charge in [0.25, 0.3) is 0 Å². The average molecular weight is 549 g/mol. The van der Waals surface area contributed by atoms with Crippen LogP contribution in [0.25, 0.3) is 0 Å². The molecule has 3 heterocycles. The second kappa shape index (κ2) is 12.0. The molecule has 0 amide bonds. The van der Waals surface area contributed by atoms with E-state index in [1.165, 1.54) is 5.56 Å². The van der Waals surface area contributed by atoms with E-state index in [0.717, 1.165) is 66.2 Å². The normalized spacial score (nSPS) is 14.4. The molecule has 1 aliphatic heterocycles. The van der Waals surface area contributed by atoms with E-state index in [4.69, 9.17) is 14.2 Å². The Morgan fingerprint density at radius 3 is 2.40 bits per heavy atom. The number of methoxy groups -OCH3 is 1. The number of anilines is 1. The topological polar surface area (TPSA) is 110 Å². The molecule has 8 heteroatoms. The first kappa shape index (κ1) is 29.6. The Hall–Kier alpha value is -3.42. The average Bonchev–Trinajstić information content (AvgIpc) is 3.33. The van der Waals surface area contributed by atoms with Crippen molar-refractivity contribution in [3.63, 3.8) is 0 Å². The standard InChI is InChI=1S/C32H44N4O4/c1-31(2,3)24-16-21(17-25(29(24)39-7)32(4,5)6)22(19-28(37)38)18-27-35-26(36-40-27)12-8-11-23-14-13-20-10-9-15-33-30(20)34-23/h13-14,16-17,22H,8-12,15,18-19H2,1-7H3,(H,33,34)(H,37,38). The minimum absolute atomic E-state index is 0.0325. The van der Waals surface area contributed by atoms with Gasteiger partial charge in [-0.15, -0.1) is 0 Å². The lowest BCUT2D eigenvalue weighted by Crippen LogP contribution is -2.21. The van der Waals surface area contributed by atoms with Gasteiger partial charge in [-0.2, -0.15) is 4.98 Å². The predicted octanol–water partition coefficient (Wildman–Crippen LogP) is 6.40. The van der Waals surface area contributed by atoms with E-state index >= 15 is 0 Å². The number of nitrogens with one attached hydrogen (secondary N) is 1. The summed E-state index contributed by atoms with van der Waals surface area (Å²) in [5, 5.41) is 17.4. The molecule has 0 saturated heterocycles. The molecule has 0 aliphatic carbocycles. The molecule has 2 N–H and O–H groups in total. The van der Waals surface area contributed by atoms with Crippen molar-refractivity contribution in [3.8, 4) is 5.75 Å². The highest BCUT2D eigenvalue weighted by molar-refractivity contribution is 5.68. The summed E-state index contributed by atoms with van der Waals surface area (Å²) in [4.78, 5) is 21.3. The third-order valence-electron chi connectivity index (χ3n) is 7.54. The third-order valence-corrected chi connectivity index (χ3v) is 7.54. The Bertz CT molecular complexity index is 1300. The van der Waals surface area contributed by atoms with E-state index < -0.39 is 5.97 Å².